The van der Waals surface area contributed by atoms with Crippen molar-refractivity contribution in [2.45, 2.75) is 6.92 Å². The summed E-state index contributed by atoms with van der Waals surface area (Å²) in [7, 11) is 3.95. The maximum absolute atomic E-state index is 12.4. The van der Waals surface area contributed by atoms with Gasteiger partial charge in [0, 0.05) is 41.9 Å². The highest BCUT2D eigenvalue weighted by Crippen LogP contribution is 2.24. The second-order valence-corrected chi connectivity index (χ2v) is 5.61. The summed E-state index contributed by atoms with van der Waals surface area (Å²) < 4.78 is 0. The Morgan fingerprint density at radius 1 is 1.09 bits per heavy atom. The van der Waals surface area contributed by atoms with Gasteiger partial charge in [-0.2, -0.15) is 0 Å². The van der Waals surface area contributed by atoms with Crippen molar-refractivity contribution >= 4 is 28.2 Å². The molecule has 4 nitrogen and oxygen atoms in total. The van der Waals surface area contributed by atoms with Gasteiger partial charge in [-0.3, -0.25) is 4.79 Å². The fourth-order valence-corrected chi connectivity index (χ4v) is 2.51. The molecule has 0 atom stereocenters. The number of H-pyrrole nitrogens is 1. The van der Waals surface area contributed by atoms with Gasteiger partial charge in [-0.05, 0) is 49.4 Å². The molecule has 0 spiro atoms. The number of aryl methyl sites for hydroxylation is 1. The molecule has 2 aromatic carbocycles. The molecule has 2 N–H and O–H groups in total. The molecule has 3 aromatic rings. The molecule has 0 aliphatic heterocycles. The Labute approximate surface area is 129 Å². The average molecular weight is 293 g/mol. The van der Waals surface area contributed by atoms with Crippen LogP contribution in [0, 0.1) is 6.92 Å². The van der Waals surface area contributed by atoms with Crippen LogP contribution in [-0.2, 0) is 0 Å². The minimum atomic E-state index is -0.100. The van der Waals surface area contributed by atoms with E-state index >= 15 is 0 Å². The summed E-state index contributed by atoms with van der Waals surface area (Å²) in [6.07, 6.45) is 0. The lowest BCUT2D eigenvalue weighted by atomic mass is 10.1. The van der Waals surface area contributed by atoms with Crippen LogP contribution >= 0.6 is 0 Å². The Hall–Kier alpha value is -2.75. The van der Waals surface area contributed by atoms with Crippen molar-refractivity contribution in [2.75, 3.05) is 24.3 Å². The zero-order valence-electron chi connectivity index (χ0n) is 13.0. The summed E-state index contributed by atoms with van der Waals surface area (Å²) in [6, 6.07) is 15.5. The number of nitrogens with zero attached hydrogens (tertiary/aromatic N) is 1. The maximum Gasteiger partial charge on any atom is 0.255 e. The van der Waals surface area contributed by atoms with Crippen LogP contribution in [0.5, 0.6) is 0 Å². The molecule has 1 amide bonds. The number of hydrogen-bond acceptors (Lipinski definition) is 2. The maximum atomic E-state index is 12.4. The second-order valence-electron chi connectivity index (χ2n) is 5.61. The number of nitrogens with one attached hydrogen (secondary N) is 2. The van der Waals surface area contributed by atoms with Crippen LogP contribution in [0.25, 0.3) is 10.9 Å². The number of aromatic amines is 1. The molecule has 0 saturated heterocycles. The normalized spacial score (nSPS) is 10.7. The van der Waals surface area contributed by atoms with Gasteiger partial charge in [-0.1, -0.05) is 6.07 Å². The molecule has 0 radical (unpaired) electrons. The van der Waals surface area contributed by atoms with E-state index in [1.54, 1.807) is 0 Å². The minimum absolute atomic E-state index is 0.100. The lowest BCUT2D eigenvalue weighted by Crippen LogP contribution is -2.13. The molecule has 1 heterocycles. The lowest BCUT2D eigenvalue weighted by molar-refractivity contribution is 0.102. The highest BCUT2D eigenvalue weighted by Gasteiger charge is 2.09. The first kappa shape index (κ1) is 14.2. The molecule has 0 bridgehead atoms. The van der Waals surface area contributed by atoms with Crippen molar-refractivity contribution in [1.82, 2.24) is 4.98 Å². The number of rotatable bonds is 3. The van der Waals surface area contributed by atoms with Crippen LogP contribution in [0.3, 0.4) is 0 Å². The summed E-state index contributed by atoms with van der Waals surface area (Å²) in [6.45, 7) is 2.01. The van der Waals surface area contributed by atoms with E-state index in [0.29, 0.717) is 5.56 Å². The molecule has 0 aliphatic carbocycles. The van der Waals surface area contributed by atoms with Crippen molar-refractivity contribution in [3.05, 3.63) is 59.8 Å². The zero-order chi connectivity index (χ0) is 15.7. The van der Waals surface area contributed by atoms with Gasteiger partial charge in [-0.25, -0.2) is 0 Å². The van der Waals surface area contributed by atoms with Crippen molar-refractivity contribution in [3.63, 3.8) is 0 Å². The van der Waals surface area contributed by atoms with Gasteiger partial charge in [0.25, 0.3) is 5.91 Å². The largest absolute Gasteiger partial charge is 0.378 e. The van der Waals surface area contributed by atoms with Crippen LogP contribution < -0.4 is 10.2 Å². The fourth-order valence-electron chi connectivity index (χ4n) is 2.51. The van der Waals surface area contributed by atoms with Crippen LogP contribution in [0.4, 0.5) is 11.4 Å². The van der Waals surface area contributed by atoms with Crippen LogP contribution in [-0.4, -0.2) is 25.0 Å². The summed E-state index contributed by atoms with van der Waals surface area (Å²) in [4.78, 5) is 17.7. The number of fused-ring (bicyclic) bond motifs is 1. The van der Waals surface area contributed by atoms with E-state index < -0.39 is 0 Å². The highest BCUT2D eigenvalue weighted by atomic mass is 16.1. The molecule has 0 saturated carbocycles. The molecule has 4 heteroatoms. The van der Waals surface area contributed by atoms with Gasteiger partial charge in [0.05, 0.1) is 5.69 Å². The molecular formula is C18H19N3O. The highest BCUT2D eigenvalue weighted by molar-refractivity contribution is 6.09. The molecular weight excluding hydrogens is 274 g/mol. The van der Waals surface area contributed by atoms with Crippen LogP contribution in [0.15, 0.2) is 48.5 Å². The lowest BCUT2D eigenvalue weighted by Gasteiger charge is -2.12. The summed E-state index contributed by atoms with van der Waals surface area (Å²) >= 11 is 0. The first-order valence-electron chi connectivity index (χ1n) is 7.21. The Morgan fingerprint density at radius 2 is 1.82 bits per heavy atom. The minimum Gasteiger partial charge on any atom is -0.378 e. The number of carbonyl (C=O) groups excluding carboxylic acids is 1. The molecule has 22 heavy (non-hydrogen) atoms. The van der Waals surface area contributed by atoms with E-state index in [2.05, 4.69) is 10.3 Å². The first-order chi connectivity index (χ1) is 10.5. The van der Waals surface area contributed by atoms with Gasteiger partial charge >= 0.3 is 0 Å². The van der Waals surface area contributed by atoms with Crippen LogP contribution in [0.2, 0.25) is 0 Å². The molecule has 1 aromatic heterocycles. The Morgan fingerprint density at radius 3 is 2.50 bits per heavy atom. The van der Waals surface area contributed by atoms with Crippen molar-refractivity contribution in [2.24, 2.45) is 0 Å². The Balaban J connectivity index is 1.86. The molecule has 3 rings (SSSR count). The van der Waals surface area contributed by atoms with Crippen molar-refractivity contribution in [3.8, 4) is 0 Å². The number of benzene rings is 2. The number of aromatic nitrogens is 1. The van der Waals surface area contributed by atoms with Gasteiger partial charge in [-0.15, -0.1) is 0 Å². The number of anilines is 2. The third-order valence-corrected chi connectivity index (χ3v) is 3.69. The van der Waals surface area contributed by atoms with E-state index in [-0.39, 0.29) is 5.91 Å². The Kier molecular flexibility index (Phi) is 3.59. The monoisotopic (exact) mass is 293 g/mol. The van der Waals surface area contributed by atoms with Crippen molar-refractivity contribution < 1.29 is 4.79 Å². The average Bonchev–Trinajstić information content (AvgIpc) is 2.88. The van der Waals surface area contributed by atoms with E-state index in [1.165, 1.54) is 0 Å². The van der Waals surface area contributed by atoms with Gasteiger partial charge < -0.3 is 15.2 Å². The topological polar surface area (TPSA) is 48.1 Å². The number of carbonyl (C=O) groups is 1. The number of hydrogen-bond donors (Lipinski definition) is 2. The molecule has 112 valence electrons. The fraction of sp³-hybridized carbons (Fsp3) is 0.167. The second kappa shape index (κ2) is 5.56. The van der Waals surface area contributed by atoms with E-state index in [9.17, 15) is 4.79 Å². The van der Waals surface area contributed by atoms with E-state index in [1.807, 2.05) is 74.4 Å². The summed E-state index contributed by atoms with van der Waals surface area (Å²) in [5.41, 5.74) is 4.64. The smallest absolute Gasteiger partial charge is 0.255 e. The van der Waals surface area contributed by atoms with Crippen molar-refractivity contribution in [1.29, 1.82) is 0 Å². The Bertz CT molecular complexity index is 816. The molecule has 0 fully saturated rings. The van der Waals surface area contributed by atoms with Gasteiger partial charge in [0.2, 0.25) is 0 Å². The summed E-state index contributed by atoms with van der Waals surface area (Å²) in [5.74, 6) is -0.100. The van der Waals surface area contributed by atoms with Crippen LogP contribution in [0.1, 0.15) is 16.1 Å². The van der Waals surface area contributed by atoms with Gasteiger partial charge in [0.1, 0.15) is 0 Å². The van der Waals surface area contributed by atoms with E-state index in [0.717, 1.165) is 28.0 Å². The van der Waals surface area contributed by atoms with Gasteiger partial charge in [0.15, 0.2) is 0 Å². The van der Waals surface area contributed by atoms with E-state index in [4.69, 9.17) is 0 Å². The SMILES string of the molecule is Cc1cc2c(NC(=O)c3ccc(N(C)C)cc3)cccc2[nH]1. The predicted octanol–water partition coefficient (Wildman–Crippen LogP) is 3.79. The standard InChI is InChI=1S/C18H19N3O/c1-12-11-15-16(19-12)5-4-6-17(15)20-18(22)13-7-9-14(10-8-13)21(2)3/h4-11,19H,1-3H3,(H,20,22). The quantitative estimate of drug-likeness (QED) is 0.771. The zero-order valence-corrected chi connectivity index (χ0v) is 13.0. The summed E-state index contributed by atoms with van der Waals surface area (Å²) in [5, 5.41) is 4.02. The predicted molar refractivity (Wildman–Crippen MR) is 91.8 cm³/mol. The third-order valence-electron chi connectivity index (χ3n) is 3.69. The first-order valence-corrected chi connectivity index (χ1v) is 7.21. The third kappa shape index (κ3) is 2.68. The molecule has 0 unspecified atom stereocenters. The number of amides is 1. The molecule has 0 aliphatic rings.